The highest BCUT2D eigenvalue weighted by Crippen LogP contribution is 2.23. The van der Waals surface area contributed by atoms with E-state index < -0.39 is 11.5 Å². The van der Waals surface area contributed by atoms with Crippen LogP contribution in [0.2, 0.25) is 5.02 Å². The SMILES string of the molecule is Cc1c(C(=O)O)sc2nc(C=Cc3ccccc3)c(Cl)c(=O)n12. The zero-order valence-corrected chi connectivity index (χ0v) is 13.6. The van der Waals surface area contributed by atoms with Gasteiger partial charge in [0.1, 0.15) is 9.90 Å². The maximum Gasteiger partial charge on any atom is 0.347 e. The molecule has 0 aliphatic carbocycles. The van der Waals surface area contributed by atoms with Crippen LogP contribution in [-0.2, 0) is 0 Å². The summed E-state index contributed by atoms with van der Waals surface area (Å²) in [5.41, 5.74) is 1.12. The average molecular weight is 347 g/mol. The second-order valence-electron chi connectivity index (χ2n) is 4.80. The van der Waals surface area contributed by atoms with Gasteiger partial charge >= 0.3 is 5.97 Å². The Kier molecular flexibility index (Phi) is 4.02. The normalized spacial score (nSPS) is 11.4. The van der Waals surface area contributed by atoms with Gasteiger partial charge in [0.2, 0.25) is 0 Å². The molecule has 0 amide bonds. The van der Waals surface area contributed by atoms with Crippen molar-refractivity contribution in [2.45, 2.75) is 6.92 Å². The molecule has 3 aromatic rings. The minimum absolute atomic E-state index is 0.0347. The standard InChI is InChI=1S/C16H11ClN2O3S/c1-9-13(15(21)22)23-16-18-11(12(17)14(20)19(9)16)8-7-10-5-3-2-4-6-10/h2-8H,1H3,(H,21,22). The molecule has 5 nitrogen and oxygen atoms in total. The Labute approximate surface area is 140 Å². The third-order valence-corrected chi connectivity index (χ3v) is 4.79. The first-order valence-electron chi connectivity index (χ1n) is 6.67. The van der Waals surface area contributed by atoms with Crippen molar-refractivity contribution in [3.8, 4) is 0 Å². The molecule has 7 heteroatoms. The zero-order valence-electron chi connectivity index (χ0n) is 12.0. The fraction of sp³-hybridized carbons (Fsp3) is 0.0625. The number of thiazole rings is 1. The van der Waals surface area contributed by atoms with Crippen LogP contribution in [0.4, 0.5) is 0 Å². The Morgan fingerprint density at radius 3 is 2.65 bits per heavy atom. The summed E-state index contributed by atoms with van der Waals surface area (Å²) in [5, 5.41) is 9.13. The highest BCUT2D eigenvalue weighted by atomic mass is 35.5. The third-order valence-electron chi connectivity index (χ3n) is 3.31. The summed E-state index contributed by atoms with van der Waals surface area (Å²) in [6.07, 6.45) is 3.44. The van der Waals surface area contributed by atoms with E-state index in [4.69, 9.17) is 16.7 Å². The van der Waals surface area contributed by atoms with Crippen molar-refractivity contribution in [1.29, 1.82) is 0 Å². The number of hydrogen-bond donors (Lipinski definition) is 1. The molecule has 1 aromatic carbocycles. The van der Waals surface area contributed by atoms with E-state index in [-0.39, 0.29) is 9.90 Å². The number of aromatic nitrogens is 2. The largest absolute Gasteiger partial charge is 0.477 e. The summed E-state index contributed by atoms with van der Waals surface area (Å²) in [6.45, 7) is 1.56. The zero-order chi connectivity index (χ0) is 16.6. The Morgan fingerprint density at radius 1 is 1.30 bits per heavy atom. The number of fused-ring (bicyclic) bond motifs is 1. The molecular formula is C16H11ClN2O3S. The summed E-state index contributed by atoms with van der Waals surface area (Å²) >= 11 is 7.06. The Bertz CT molecular complexity index is 990. The van der Waals surface area contributed by atoms with E-state index in [1.807, 2.05) is 30.3 Å². The van der Waals surface area contributed by atoms with Gasteiger partial charge in [0.15, 0.2) is 4.96 Å². The molecule has 1 N–H and O–H groups in total. The number of benzene rings is 1. The van der Waals surface area contributed by atoms with Crippen LogP contribution in [0.25, 0.3) is 17.1 Å². The lowest BCUT2D eigenvalue weighted by atomic mass is 10.2. The number of carbonyl (C=O) groups is 1. The Morgan fingerprint density at radius 2 is 2.00 bits per heavy atom. The summed E-state index contributed by atoms with van der Waals surface area (Å²) in [5.74, 6) is -1.09. The summed E-state index contributed by atoms with van der Waals surface area (Å²) in [7, 11) is 0. The van der Waals surface area contributed by atoms with Crippen molar-refractivity contribution in [3.05, 3.63) is 67.5 Å². The van der Waals surface area contributed by atoms with Gasteiger partial charge in [-0.2, -0.15) is 0 Å². The smallest absolute Gasteiger partial charge is 0.347 e. The molecule has 2 heterocycles. The predicted octanol–water partition coefficient (Wildman–Crippen LogP) is 3.59. The maximum absolute atomic E-state index is 12.4. The van der Waals surface area contributed by atoms with E-state index in [1.165, 1.54) is 4.40 Å². The highest BCUT2D eigenvalue weighted by Gasteiger charge is 2.19. The Balaban J connectivity index is 2.16. The minimum atomic E-state index is -1.09. The van der Waals surface area contributed by atoms with Crippen LogP contribution in [0.3, 0.4) is 0 Å². The molecule has 2 aromatic heterocycles. The van der Waals surface area contributed by atoms with Crippen LogP contribution >= 0.6 is 22.9 Å². The van der Waals surface area contributed by atoms with Crippen molar-refractivity contribution in [3.63, 3.8) is 0 Å². The molecule has 0 unspecified atom stereocenters. The molecule has 116 valence electrons. The number of nitrogens with zero attached hydrogens (tertiary/aromatic N) is 2. The van der Waals surface area contributed by atoms with E-state index in [2.05, 4.69) is 4.98 Å². The second-order valence-corrected chi connectivity index (χ2v) is 6.16. The number of aromatic carboxylic acids is 1. The molecule has 0 saturated heterocycles. The molecule has 3 rings (SSSR count). The molecule has 0 fully saturated rings. The lowest BCUT2D eigenvalue weighted by molar-refractivity contribution is 0.0701. The number of rotatable bonds is 3. The second kappa shape index (κ2) is 5.98. The van der Waals surface area contributed by atoms with Gasteiger partial charge in [-0.25, -0.2) is 9.78 Å². The van der Waals surface area contributed by atoms with E-state index in [1.54, 1.807) is 19.1 Å². The topological polar surface area (TPSA) is 71.7 Å². The van der Waals surface area contributed by atoms with Crippen LogP contribution in [0, 0.1) is 6.92 Å². The third kappa shape index (κ3) is 2.78. The Hall–Kier alpha value is -2.44. The van der Waals surface area contributed by atoms with Gasteiger partial charge in [-0.15, -0.1) is 0 Å². The minimum Gasteiger partial charge on any atom is -0.477 e. The van der Waals surface area contributed by atoms with E-state index in [0.717, 1.165) is 16.9 Å². The molecule has 0 radical (unpaired) electrons. The molecule has 0 atom stereocenters. The van der Waals surface area contributed by atoms with Gasteiger partial charge in [0.25, 0.3) is 5.56 Å². The predicted molar refractivity (Wildman–Crippen MR) is 91.4 cm³/mol. The first-order chi connectivity index (χ1) is 11.0. The van der Waals surface area contributed by atoms with E-state index in [9.17, 15) is 9.59 Å². The van der Waals surface area contributed by atoms with Crippen LogP contribution in [0.15, 0.2) is 35.1 Å². The first-order valence-corrected chi connectivity index (χ1v) is 7.86. The lowest BCUT2D eigenvalue weighted by Crippen LogP contribution is -2.17. The number of halogens is 1. The average Bonchev–Trinajstić information content (AvgIpc) is 2.87. The van der Waals surface area contributed by atoms with Crippen molar-refractivity contribution in [1.82, 2.24) is 9.38 Å². The fourth-order valence-electron chi connectivity index (χ4n) is 2.18. The molecule has 0 bridgehead atoms. The van der Waals surface area contributed by atoms with Gasteiger partial charge in [-0.05, 0) is 18.6 Å². The van der Waals surface area contributed by atoms with E-state index >= 15 is 0 Å². The lowest BCUT2D eigenvalue weighted by Gasteiger charge is -2.00. The van der Waals surface area contributed by atoms with Crippen LogP contribution in [0.5, 0.6) is 0 Å². The van der Waals surface area contributed by atoms with E-state index in [0.29, 0.717) is 16.3 Å². The highest BCUT2D eigenvalue weighted by molar-refractivity contribution is 7.18. The maximum atomic E-state index is 12.4. The van der Waals surface area contributed by atoms with Gasteiger partial charge < -0.3 is 5.11 Å². The van der Waals surface area contributed by atoms with Gasteiger partial charge in [-0.1, -0.05) is 59.3 Å². The van der Waals surface area contributed by atoms with Crippen LogP contribution < -0.4 is 5.56 Å². The first kappa shape index (κ1) is 15.5. The van der Waals surface area contributed by atoms with Gasteiger partial charge in [0, 0.05) is 0 Å². The summed E-state index contributed by atoms with van der Waals surface area (Å²) in [4.78, 5) is 28.3. The van der Waals surface area contributed by atoms with Crippen molar-refractivity contribution in [2.75, 3.05) is 0 Å². The molecule has 0 aliphatic rings. The number of carboxylic acid groups (broad SMARTS) is 1. The fourth-order valence-corrected chi connectivity index (χ4v) is 3.33. The van der Waals surface area contributed by atoms with Crippen molar-refractivity contribution < 1.29 is 9.90 Å². The number of hydrogen-bond acceptors (Lipinski definition) is 4. The van der Waals surface area contributed by atoms with Crippen LogP contribution in [-0.4, -0.2) is 20.5 Å². The molecule has 0 saturated carbocycles. The number of aryl methyl sites for hydroxylation is 1. The summed E-state index contributed by atoms with van der Waals surface area (Å²) < 4.78 is 1.23. The van der Waals surface area contributed by atoms with Crippen molar-refractivity contribution in [2.24, 2.45) is 0 Å². The van der Waals surface area contributed by atoms with Crippen LogP contribution in [0.1, 0.15) is 26.6 Å². The van der Waals surface area contributed by atoms with Crippen molar-refractivity contribution >= 4 is 46.0 Å². The number of carboxylic acids is 1. The molecule has 0 aliphatic heterocycles. The summed E-state index contributed by atoms with van der Waals surface area (Å²) in [6, 6.07) is 9.52. The molecular weight excluding hydrogens is 336 g/mol. The van der Waals surface area contributed by atoms with Gasteiger partial charge in [-0.3, -0.25) is 9.20 Å². The monoisotopic (exact) mass is 346 g/mol. The van der Waals surface area contributed by atoms with Gasteiger partial charge in [0.05, 0.1) is 11.4 Å². The molecule has 23 heavy (non-hydrogen) atoms. The molecule has 0 spiro atoms. The quantitative estimate of drug-likeness (QED) is 0.786.